The average molecular weight is 457 g/mol. The van der Waals surface area contributed by atoms with Crippen molar-refractivity contribution < 1.29 is 28.5 Å². The lowest BCUT2D eigenvalue weighted by atomic mass is 10.1. The Morgan fingerprint density at radius 3 is 2.75 bits per heavy atom. The SMILES string of the molecule is COc1ccc(OC)c2sc(N(CC3CCCO3)C(=O)Cc3ccc4c(c3)OCO4)nc12. The van der Waals surface area contributed by atoms with Crippen molar-refractivity contribution in [2.24, 2.45) is 0 Å². The fraction of sp³-hybridized carbons (Fsp3) is 0.391. The molecule has 0 N–H and O–H groups in total. The van der Waals surface area contributed by atoms with Gasteiger partial charge in [0.15, 0.2) is 16.6 Å². The van der Waals surface area contributed by atoms with Gasteiger partial charge in [-0.3, -0.25) is 9.69 Å². The molecule has 8 nitrogen and oxygen atoms in total. The zero-order valence-electron chi connectivity index (χ0n) is 18.0. The van der Waals surface area contributed by atoms with Crippen molar-refractivity contribution >= 4 is 32.6 Å². The van der Waals surface area contributed by atoms with Crippen LogP contribution in [0, 0.1) is 0 Å². The number of aromatic nitrogens is 1. The Labute approximate surface area is 189 Å². The van der Waals surface area contributed by atoms with Gasteiger partial charge in [0, 0.05) is 6.61 Å². The van der Waals surface area contributed by atoms with Crippen LogP contribution in [0.25, 0.3) is 10.2 Å². The molecule has 0 saturated carbocycles. The van der Waals surface area contributed by atoms with E-state index in [1.165, 1.54) is 11.3 Å². The molecule has 2 aromatic carbocycles. The Kier molecular flexibility index (Phi) is 5.75. The number of hydrogen-bond acceptors (Lipinski definition) is 8. The summed E-state index contributed by atoms with van der Waals surface area (Å²) in [6.07, 6.45) is 2.13. The van der Waals surface area contributed by atoms with Crippen LogP contribution in [0.4, 0.5) is 5.13 Å². The summed E-state index contributed by atoms with van der Waals surface area (Å²) in [5.74, 6) is 2.64. The Morgan fingerprint density at radius 2 is 1.97 bits per heavy atom. The molecule has 1 unspecified atom stereocenters. The maximum Gasteiger partial charge on any atom is 0.233 e. The number of anilines is 1. The van der Waals surface area contributed by atoms with Crippen molar-refractivity contribution in [2.45, 2.75) is 25.4 Å². The molecule has 3 heterocycles. The smallest absolute Gasteiger partial charge is 0.233 e. The van der Waals surface area contributed by atoms with Crippen molar-refractivity contribution in [3.63, 3.8) is 0 Å². The summed E-state index contributed by atoms with van der Waals surface area (Å²) in [6.45, 7) is 1.37. The van der Waals surface area contributed by atoms with E-state index in [1.807, 2.05) is 30.3 Å². The highest BCUT2D eigenvalue weighted by Gasteiger charge is 2.28. The van der Waals surface area contributed by atoms with Gasteiger partial charge in [0.2, 0.25) is 12.7 Å². The first-order valence-corrected chi connectivity index (χ1v) is 11.3. The van der Waals surface area contributed by atoms with Crippen LogP contribution in [0.15, 0.2) is 30.3 Å². The molecule has 0 spiro atoms. The van der Waals surface area contributed by atoms with Gasteiger partial charge >= 0.3 is 0 Å². The van der Waals surface area contributed by atoms with Crippen molar-refractivity contribution in [2.75, 3.05) is 39.1 Å². The van der Waals surface area contributed by atoms with E-state index in [-0.39, 0.29) is 25.2 Å². The number of benzene rings is 2. The Balaban J connectivity index is 1.48. The van der Waals surface area contributed by atoms with Gasteiger partial charge in [-0.2, -0.15) is 0 Å². The van der Waals surface area contributed by atoms with E-state index in [0.717, 1.165) is 29.7 Å². The van der Waals surface area contributed by atoms with E-state index in [4.69, 9.17) is 28.7 Å². The zero-order valence-corrected chi connectivity index (χ0v) is 18.8. The number of thiazole rings is 1. The molecule has 1 atom stereocenters. The Morgan fingerprint density at radius 1 is 1.16 bits per heavy atom. The van der Waals surface area contributed by atoms with Crippen LogP contribution >= 0.6 is 11.3 Å². The lowest BCUT2D eigenvalue weighted by Crippen LogP contribution is -2.38. The monoisotopic (exact) mass is 456 g/mol. The summed E-state index contributed by atoms with van der Waals surface area (Å²) >= 11 is 1.42. The van der Waals surface area contributed by atoms with Crippen LogP contribution in [-0.2, 0) is 16.0 Å². The predicted molar refractivity (Wildman–Crippen MR) is 120 cm³/mol. The molecule has 1 fully saturated rings. The minimum atomic E-state index is -0.0589. The lowest BCUT2D eigenvalue weighted by Gasteiger charge is -2.23. The van der Waals surface area contributed by atoms with E-state index in [0.29, 0.717) is 40.2 Å². The summed E-state index contributed by atoms with van der Waals surface area (Å²) in [6, 6.07) is 9.25. The third-order valence-electron chi connectivity index (χ3n) is 5.63. The van der Waals surface area contributed by atoms with E-state index < -0.39 is 0 Å². The molecular formula is C23H24N2O6S. The highest BCUT2D eigenvalue weighted by molar-refractivity contribution is 7.22. The molecule has 1 aromatic heterocycles. The molecule has 32 heavy (non-hydrogen) atoms. The normalized spacial score (nSPS) is 17.0. The summed E-state index contributed by atoms with van der Waals surface area (Å²) in [4.78, 5) is 20.0. The lowest BCUT2D eigenvalue weighted by molar-refractivity contribution is -0.118. The largest absolute Gasteiger partial charge is 0.495 e. The molecule has 5 rings (SSSR count). The number of rotatable bonds is 7. The fourth-order valence-corrected chi connectivity index (χ4v) is 5.09. The maximum absolute atomic E-state index is 13.5. The molecule has 1 amide bonds. The van der Waals surface area contributed by atoms with Gasteiger partial charge in [-0.25, -0.2) is 4.98 Å². The van der Waals surface area contributed by atoms with Crippen LogP contribution in [-0.4, -0.2) is 51.2 Å². The quantitative estimate of drug-likeness (QED) is 0.535. The molecule has 0 radical (unpaired) electrons. The highest BCUT2D eigenvalue weighted by atomic mass is 32.1. The summed E-state index contributed by atoms with van der Waals surface area (Å²) < 4.78 is 28.5. The van der Waals surface area contributed by atoms with Crippen molar-refractivity contribution in [1.82, 2.24) is 4.98 Å². The van der Waals surface area contributed by atoms with Crippen molar-refractivity contribution in [3.8, 4) is 23.0 Å². The Bertz CT molecular complexity index is 1100. The number of ether oxygens (including phenoxy) is 5. The van der Waals surface area contributed by atoms with Crippen molar-refractivity contribution in [3.05, 3.63) is 35.9 Å². The first-order chi connectivity index (χ1) is 15.7. The average Bonchev–Trinajstić information content (AvgIpc) is 3.56. The first-order valence-electron chi connectivity index (χ1n) is 10.5. The van der Waals surface area contributed by atoms with Crippen LogP contribution in [0.5, 0.6) is 23.0 Å². The number of carbonyl (C=O) groups is 1. The number of amides is 1. The van der Waals surface area contributed by atoms with Crippen LogP contribution in [0.2, 0.25) is 0 Å². The van der Waals surface area contributed by atoms with Gasteiger partial charge in [0.1, 0.15) is 21.7 Å². The molecular weight excluding hydrogens is 432 g/mol. The maximum atomic E-state index is 13.5. The fourth-order valence-electron chi connectivity index (χ4n) is 3.99. The van der Waals surface area contributed by atoms with E-state index in [2.05, 4.69) is 0 Å². The topological polar surface area (TPSA) is 79.4 Å². The van der Waals surface area contributed by atoms with E-state index in [1.54, 1.807) is 19.1 Å². The second-order valence-corrected chi connectivity index (χ2v) is 8.63. The second kappa shape index (κ2) is 8.84. The first kappa shape index (κ1) is 20.8. The molecule has 0 aliphatic carbocycles. The number of fused-ring (bicyclic) bond motifs is 2. The second-order valence-electron chi connectivity index (χ2n) is 7.65. The number of hydrogen-bond donors (Lipinski definition) is 0. The zero-order chi connectivity index (χ0) is 22.1. The minimum Gasteiger partial charge on any atom is -0.495 e. The van der Waals surface area contributed by atoms with Gasteiger partial charge in [0.05, 0.1) is 33.3 Å². The number of nitrogens with zero attached hydrogens (tertiary/aromatic N) is 2. The summed E-state index contributed by atoms with van der Waals surface area (Å²) in [7, 11) is 3.23. The van der Waals surface area contributed by atoms with Gasteiger partial charge in [-0.1, -0.05) is 17.4 Å². The predicted octanol–water partition coefficient (Wildman–Crippen LogP) is 3.80. The summed E-state index contributed by atoms with van der Waals surface area (Å²) in [5, 5.41) is 0.601. The van der Waals surface area contributed by atoms with E-state index >= 15 is 0 Å². The molecule has 168 valence electrons. The molecule has 2 aliphatic heterocycles. The highest BCUT2D eigenvalue weighted by Crippen LogP contribution is 2.40. The molecule has 2 aliphatic rings. The van der Waals surface area contributed by atoms with Gasteiger partial charge < -0.3 is 23.7 Å². The molecule has 9 heteroatoms. The Hall–Kier alpha value is -3.04. The molecule has 0 bridgehead atoms. The van der Waals surface area contributed by atoms with Gasteiger partial charge in [0.25, 0.3) is 0 Å². The van der Waals surface area contributed by atoms with E-state index in [9.17, 15) is 4.79 Å². The molecule has 3 aromatic rings. The molecule has 1 saturated heterocycles. The standard InChI is InChI=1S/C23H24N2O6S/c1-27-17-7-8-18(28-2)22-21(17)24-23(32-22)25(12-15-4-3-9-29-15)20(26)11-14-5-6-16-19(10-14)31-13-30-16/h5-8,10,15H,3-4,9,11-13H2,1-2H3. The van der Waals surface area contributed by atoms with Crippen LogP contribution in [0.1, 0.15) is 18.4 Å². The number of carbonyl (C=O) groups excluding carboxylic acids is 1. The van der Waals surface area contributed by atoms with Crippen molar-refractivity contribution in [1.29, 1.82) is 0 Å². The van der Waals surface area contributed by atoms with Gasteiger partial charge in [-0.15, -0.1) is 0 Å². The minimum absolute atomic E-state index is 0.00786. The van der Waals surface area contributed by atoms with Crippen LogP contribution in [0.3, 0.4) is 0 Å². The number of methoxy groups -OCH3 is 2. The van der Waals surface area contributed by atoms with Crippen LogP contribution < -0.4 is 23.8 Å². The third-order valence-corrected chi connectivity index (χ3v) is 6.73. The summed E-state index contributed by atoms with van der Waals surface area (Å²) in [5.41, 5.74) is 1.54. The third kappa shape index (κ3) is 3.93. The van der Waals surface area contributed by atoms with Gasteiger partial charge in [-0.05, 0) is 42.7 Å².